The minimum absolute atomic E-state index is 0.249. The normalized spacial score (nSPS) is 25.1. The third-order valence-corrected chi connectivity index (χ3v) is 3.77. The van der Waals surface area contributed by atoms with Crippen molar-refractivity contribution >= 4 is 0 Å². The summed E-state index contributed by atoms with van der Waals surface area (Å²) in [5.74, 6) is 0.681. The first-order chi connectivity index (χ1) is 8.52. The van der Waals surface area contributed by atoms with Gasteiger partial charge in [0.15, 0.2) is 0 Å². The van der Waals surface area contributed by atoms with Crippen molar-refractivity contribution in [1.29, 1.82) is 0 Å². The molecule has 1 aromatic carbocycles. The van der Waals surface area contributed by atoms with Crippen molar-refractivity contribution in [2.45, 2.75) is 31.9 Å². The van der Waals surface area contributed by atoms with E-state index in [1.54, 1.807) is 0 Å². The maximum atomic E-state index is 12.7. The summed E-state index contributed by atoms with van der Waals surface area (Å²) in [6.45, 7) is 3.88. The van der Waals surface area contributed by atoms with Crippen molar-refractivity contribution in [3.8, 4) is 0 Å². The summed E-state index contributed by atoms with van der Waals surface area (Å²) >= 11 is 0. The van der Waals surface area contributed by atoms with Gasteiger partial charge < -0.3 is 5.32 Å². The predicted molar refractivity (Wildman–Crippen MR) is 65.5 cm³/mol. The Kier molecular flexibility index (Phi) is 3.95. The fourth-order valence-corrected chi connectivity index (χ4v) is 2.74. The number of hydrogen-bond acceptors (Lipinski definition) is 1. The number of benzene rings is 1. The molecule has 1 nitrogen and oxygen atoms in total. The van der Waals surface area contributed by atoms with Gasteiger partial charge in [0.2, 0.25) is 0 Å². The Morgan fingerprint density at radius 3 is 2.78 bits per heavy atom. The van der Waals surface area contributed by atoms with E-state index in [1.165, 1.54) is 12.1 Å². The maximum absolute atomic E-state index is 12.7. The number of halogens is 3. The molecule has 0 amide bonds. The van der Waals surface area contributed by atoms with E-state index in [2.05, 4.69) is 12.2 Å². The highest BCUT2D eigenvalue weighted by molar-refractivity contribution is 5.29. The van der Waals surface area contributed by atoms with E-state index in [0.717, 1.165) is 37.6 Å². The van der Waals surface area contributed by atoms with Crippen molar-refractivity contribution in [1.82, 2.24) is 5.32 Å². The molecule has 0 radical (unpaired) electrons. The Balaban J connectivity index is 2.27. The van der Waals surface area contributed by atoms with Gasteiger partial charge in [0.1, 0.15) is 0 Å². The average molecular weight is 257 g/mol. The Morgan fingerprint density at radius 2 is 2.11 bits per heavy atom. The zero-order valence-electron chi connectivity index (χ0n) is 10.4. The highest BCUT2D eigenvalue weighted by atomic mass is 19.4. The predicted octanol–water partition coefficient (Wildman–Crippen LogP) is 3.81. The molecule has 0 aliphatic carbocycles. The van der Waals surface area contributed by atoms with Crippen LogP contribution in [0.4, 0.5) is 13.2 Å². The van der Waals surface area contributed by atoms with E-state index in [1.807, 2.05) is 6.07 Å². The van der Waals surface area contributed by atoms with Crippen molar-refractivity contribution in [2.75, 3.05) is 13.1 Å². The molecule has 0 spiro atoms. The van der Waals surface area contributed by atoms with Crippen molar-refractivity contribution in [3.05, 3.63) is 35.4 Å². The largest absolute Gasteiger partial charge is 0.416 e. The molecule has 1 aliphatic heterocycles. The Bertz CT molecular complexity index is 400. The lowest BCUT2D eigenvalue weighted by atomic mass is 9.79. The number of hydrogen-bond donors (Lipinski definition) is 1. The van der Waals surface area contributed by atoms with Gasteiger partial charge in [0, 0.05) is 0 Å². The van der Waals surface area contributed by atoms with Crippen LogP contribution >= 0.6 is 0 Å². The smallest absolute Gasteiger partial charge is 0.316 e. The van der Waals surface area contributed by atoms with Crippen LogP contribution < -0.4 is 5.32 Å². The van der Waals surface area contributed by atoms with Crippen molar-refractivity contribution in [3.63, 3.8) is 0 Å². The summed E-state index contributed by atoms with van der Waals surface area (Å²) in [4.78, 5) is 0. The lowest BCUT2D eigenvalue weighted by molar-refractivity contribution is -0.137. The standard InChI is InChI=1S/C14H18F3N/c1-2-10-9-18-7-6-13(10)11-4-3-5-12(8-11)14(15,16)17/h3-5,8,10,13,18H,2,6-7,9H2,1H3. The van der Waals surface area contributed by atoms with Gasteiger partial charge in [-0.1, -0.05) is 31.5 Å². The van der Waals surface area contributed by atoms with Gasteiger partial charge in [0.25, 0.3) is 0 Å². The molecule has 100 valence electrons. The topological polar surface area (TPSA) is 12.0 Å². The molecular formula is C14H18F3N. The molecular weight excluding hydrogens is 239 g/mol. The molecule has 0 bridgehead atoms. The van der Waals surface area contributed by atoms with Crippen LogP contribution in [-0.2, 0) is 6.18 Å². The second-order valence-electron chi connectivity index (χ2n) is 4.89. The quantitative estimate of drug-likeness (QED) is 0.849. The van der Waals surface area contributed by atoms with Crippen LogP contribution in [0.5, 0.6) is 0 Å². The molecule has 1 saturated heterocycles. The number of rotatable bonds is 2. The molecule has 2 atom stereocenters. The second kappa shape index (κ2) is 5.31. The van der Waals surface area contributed by atoms with Gasteiger partial charge in [-0.3, -0.25) is 0 Å². The molecule has 2 rings (SSSR count). The number of piperidine rings is 1. The second-order valence-corrected chi connectivity index (χ2v) is 4.89. The van der Waals surface area contributed by atoms with Gasteiger partial charge in [-0.25, -0.2) is 0 Å². The van der Waals surface area contributed by atoms with Gasteiger partial charge in [-0.15, -0.1) is 0 Å². The minimum atomic E-state index is -4.25. The van der Waals surface area contributed by atoms with E-state index in [0.29, 0.717) is 5.92 Å². The van der Waals surface area contributed by atoms with Crippen LogP contribution in [0, 0.1) is 5.92 Å². The lowest BCUT2D eigenvalue weighted by Gasteiger charge is -2.32. The number of alkyl halides is 3. The molecule has 18 heavy (non-hydrogen) atoms. The molecule has 1 aromatic rings. The summed E-state index contributed by atoms with van der Waals surface area (Å²) in [7, 11) is 0. The molecule has 1 N–H and O–H groups in total. The average Bonchev–Trinajstić information content (AvgIpc) is 2.38. The van der Waals surface area contributed by atoms with Gasteiger partial charge in [-0.05, 0) is 43.0 Å². The van der Waals surface area contributed by atoms with E-state index >= 15 is 0 Å². The van der Waals surface area contributed by atoms with Crippen LogP contribution in [0.1, 0.15) is 36.8 Å². The maximum Gasteiger partial charge on any atom is 0.416 e. The van der Waals surface area contributed by atoms with Gasteiger partial charge >= 0.3 is 6.18 Å². The first kappa shape index (κ1) is 13.4. The molecule has 2 unspecified atom stereocenters. The van der Waals surface area contributed by atoms with E-state index in [4.69, 9.17) is 0 Å². The van der Waals surface area contributed by atoms with Gasteiger partial charge in [0.05, 0.1) is 5.56 Å². The third-order valence-electron chi connectivity index (χ3n) is 3.77. The third kappa shape index (κ3) is 2.86. The SMILES string of the molecule is CCC1CNCCC1c1cccc(C(F)(F)F)c1. The van der Waals surface area contributed by atoms with E-state index < -0.39 is 11.7 Å². The Morgan fingerprint density at radius 1 is 1.33 bits per heavy atom. The van der Waals surface area contributed by atoms with Crippen LogP contribution in [0.15, 0.2) is 24.3 Å². The first-order valence-electron chi connectivity index (χ1n) is 6.40. The minimum Gasteiger partial charge on any atom is -0.316 e. The fourth-order valence-electron chi connectivity index (χ4n) is 2.74. The molecule has 0 saturated carbocycles. The van der Waals surface area contributed by atoms with Crippen LogP contribution in [0.3, 0.4) is 0 Å². The van der Waals surface area contributed by atoms with E-state index in [9.17, 15) is 13.2 Å². The highest BCUT2D eigenvalue weighted by Gasteiger charge is 2.32. The van der Waals surface area contributed by atoms with Gasteiger partial charge in [-0.2, -0.15) is 13.2 Å². The summed E-state index contributed by atoms with van der Waals surface area (Å²) in [6, 6.07) is 5.81. The van der Waals surface area contributed by atoms with Crippen molar-refractivity contribution in [2.24, 2.45) is 5.92 Å². The summed E-state index contributed by atoms with van der Waals surface area (Å²) < 4.78 is 38.1. The Hall–Kier alpha value is -1.03. The lowest BCUT2D eigenvalue weighted by Crippen LogP contribution is -2.35. The molecule has 1 heterocycles. The molecule has 0 aromatic heterocycles. The van der Waals surface area contributed by atoms with E-state index in [-0.39, 0.29) is 5.92 Å². The number of nitrogens with one attached hydrogen (secondary N) is 1. The van der Waals surface area contributed by atoms with Crippen molar-refractivity contribution < 1.29 is 13.2 Å². The fraction of sp³-hybridized carbons (Fsp3) is 0.571. The highest BCUT2D eigenvalue weighted by Crippen LogP contribution is 2.36. The van der Waals surface area contributed by atoms with Crippen LogP contribution in [-0.4, -0.2) is 13.1 Å². The molecule has 1 aliphatic rings. The Labute approximate surface area is 105 Å². The monoisotopic (exact) mass is 257 g/mol. The molecule has 1 fully saturated rings. The molecule has 4 heteroatoms. The summed E-state index contributed by atoms with van der Waals surface area (Å²) in [5.41, 5.74) is 0.298. The zero-order chi connectivity index (χ0) is 13.2. The first-order valence-corrected chi connectivity index (χ1v) is 6.40. The van der Waals surface area contributed by atoms with Crippen LogP contribution in [0.2, 0.25) is 0 Å². The van der Waals surface area contributed by atoms with Crippen LogP contribution in [0.25, 0.3) is 0 Å². The summed E-state index contributed by atoms with van der Waals surface area (Å²) in [5, 5.41) is 3.31. The zero-order valence-corrected chi connectivity index (χ0v) is 10.4. The summed E-state index contributed by atoms with van der Waals surface area (Å²) in [6.07, 6.45) is -2.33.